The monoisotopic (exact) mass is 331 g/mol. The molecule has 0 bridgehead atoms. The zero-order chi connectivity index (χ0) is 15.9. The highest BCUT2D eigenvalue weighted by Crippen LogP contribution is 2.25. The Kier molecular flexibility index (Phi) is 7.04. The molecule has 1 amide bonds. The minimum Gasteiger partial charge on any atom is -0.497 e. The number of thioether (sulfide) groups is 1. The van der Waals surface area contributed by atoms with Crippen LogP contribution in [-0.4, -0.2) is 32.4 Å². The van der Waals surface area contributed by atoms with Crippen LogP contribution < -0.4 is 9.46 Å². The number of ether oxygens (including phenoxy) is 1. The Morgan fingerprint density at radius 2 is 1.95 bits per heavy atom. The summed E-state index contributed by atoms with van der Waals surface area (Å²) in [5.41, 5.74) is 0. The van der Waals surface area contributed by atoms with Gasteiger partial charge in [-0.3, -0.25) is 9.52 Å². The zero-order valence-corrected chi connectivity index (χ0v) is 14.1. The third kappa shape index (κ3) is 6.39. The van der Waals surface area contributed by atoms with E-state index in [-0.39, 0.29) is 5.75 Å². The van der Waals surface area contributed by atoms with Gasteiger partial charge >= 0.3 is 0 Å². The van der Waals surface area contributed by atoms with Gasteiger partial charge in [-0.2, -0.15) is 0 Å². The Bertz CT molecular complexity index is 555. The summed E-state index contributed by atoms with van der Waals surface area (Å²) in [6.07, 6.45) is 1.31. The van der Waals surface area contributed by atoms with Crippen LogP contribution in [0, 0.1) is 0 Å². The average molecular weight is 331 g/mol. The summed E-state index contributed by atoms with van der Waals surface area (Å²) in [4.78, 5) is 12.8. The lowest BCUT2D eigenvalue weighted by molar-refractivity contribution is -0.118. The number of amides is 1. The summed E-state index contributed by atoms with van der Waals surface area (Å²) in [5, 5.41) is -0.491. The maximum Gasteiger partial charge on any atom is 0.246 e. The summed E-state index contributed by atoms with van der Waals surface area (Å²) in [5.74, 6) is 0.223. The summed E-state index contributed by atoms with van der Waals surface area (Å²) in [6.45, 7) is 3.58. The molecule has 0 spiro atoms. The van der Waals surface area contributed by atoms with Crippen molar-refractivity contribution < 1.29 is 17.9 Å². The van der Waals surface area contributed by atoms with Gasteiger partial charge in [-0.15, -0.1) is 11.8 Å². The molecule has 0 aliphatic heterocycles. The third-order valence-electron chi connectivity index (χ3n) is 2.76. The van der Waals surface area contributed by atoms with E-state index < -0.39 is 21.2 Å². The van der Waals surface area contributed by atoms with Crippen molar-refractivity contribution in [3.8, 4) is 5.75 Å². The Labute approximate surface area is 130 Å². The van der Waals surface area contributed by atoms with E-state index >= 15 is 0 Å². The van der Waals surface area contributed by atoms with E-state index in [1.54, 1.807) is 26.2 Å². The number of hydrogen-bond donors (Lipinski definition) is 1. The van der Waals surface area contributed by atoms with Gasteiger partial charge in [0, 0.05) is 4.90 Å². The molecule has 1 aromatic rings. The lowest BCUT2D eigenvalue weighted by atomic mass is 10.3. The molecule has 0 aliphatic rings. The van der Waals surface area contributed by atoms with Crippen molar-refractivity contribution in [3.05, 3.63) is 24.3 Å². The van der Waals surface area contributed by atoms with Gasteiger partial charge in [0.1, 0.15) is 5.75 Å². The Hall–Kier alpha value is -1.21. The van der Waals surface area contributed by atoms with E-state index in [0.29, 0.717) is 6.42 Å². The standard InChI is InChI=1S/C14H21NO4S2/c1-4-5-10-21(17,18)15-14(16)11(2)20-13-8-6-12(19-3)7-9-13/h6-9,11H,4-5,10H2,1-3H3,(H,15,16)/t11-/m1/s1. The van der Waals surface area contributed by atoms with Gasteiger partial charge in [0.25, 0.3) is 0 Å². The SMILES string of the molecule is CCCCS(=O)(=O)NC(=O)[C@@H](C)Sc1ccc(OC)cc1. The number of sulfonamides is 1. The van der Waals surface area contributed by atoms with Crippen molar-refractivity contribution in [1.82, 2.24) is 4.72 Å². The van der Waals surface area contributed by atoms with Crippen molar-refractivity contribution in [2.45, 2.75) is 36.8 Å². The van der Waals surface area contributed by atoms with Crippen molar-refractivity contribution in [2.75, 3.05) is 12.9 Å². The number of carbonyl (C=O) groups excluding carboxylic acids is 1. The molecule has 21 heavy (non-hydrogen) atoms. The molecule has 0 saturated carbocycles. The van der Waals surface area contributed by atoms with Crippen LogP contribution in [0.15, 0.2) is 29.2 Å². The molecule has 0 heterocycles. The van der Waals surface area contributed by atoms with Crippen molar-refractivity contribution in [1.29, 1.82) is 0 Å². The van der Waals surface area contributed by atoms with E-state index in [2.05, 4.69) is 4.72 Å². The Morgan fingerprint density at radius 1 is 1.33 bits per heavy atom. The van der Waals surface area contributed by atoms with E-state index in [0.717, 1.165) is 17.1 Å². The molecule has 1 atom stereocenters. The molecule has 0 saturated heterocycles. The van der Waals surface area contributed by atoms with Gasteiger partial charge in [-0.1, -0.05) is 13.3 Å². The molecule has 1 N–H and O–H groups in total. The maximum absolute atomic E-state index is 11.9. The number of rotatable bonds is 8. The fourth-order valence-electron chi connectivity index (χ4n) is 1.53. The zero-order valence-electron chi connectivity index (χ0n) is 12.5. The second-order valence-corrected chi connectivity index (χ2v) is 7.83. The summed E-state index contributed by atoms with van der Waals surface area (Å²) >= 11 is 1.30. The molecule has 0 unspecified atom stereocenters. The van der Waals surface area contributed by atoms with Crippen LogP contribution >= 0.6 is 11.8 Å². The first kappa shape index (κ1) is 17.8. The summed E-state index contributed by atoms with van der Waals surface area (Å²) < 4.78 is 30.5. The molecule has 0 fully saturated rings. The number of benzene rings is 1. The average Bonchev–Trinajstić information content (AvgIpc) is 2.45. The van der Waals surface area contributed by atoms with Gasteiger partial charge in [0.15, 0.2) is 0 Å². The lowest BCUT2D eigenvalue weighted by Gasteiger charge is -2.12. The molecule has 0 aromatic heterocycles. The van der Waals surface area contributed by atoms with Gasteiger partial charge in [0.2, 0.25) is 15.9 Å². The van der Waals surface area contributed by atoms with Crippen LogP contribution in [0.3, 0.4) is 0 Å². The molecule has 7 heteroatoms. The number of nitrogens with one attached hydrogen (secondary N) is 1. The van der Waals surface area contributed by atoms with Crippen LogP contribution in [0.25, 0.3) is 0 Å². The highest BCUT2D eigenvalue weighted by atomic mass is 32.2. The first-order valence-corrected chi connectivity index (χ1v) is 9.26. The van der Waals surface area contributed by atoms with Crippen LogP contribution in [-0.2, 0) is 14.8 Å². The van der Waals surface area contributed by atoms with E-state index in [1.807, 2.05) is 19.1 Å². The smallest absolute Gasteiger partial charge is 0.246 e. The fourth-order valence-corrected chi connectivity index (χ4v) is 3.73. The van der Waals surface area contributed by atoms with Crippen LogP contribution in [0.1, 0.15) is 26.7 Å². The predicted molar refractivity (Wildman–Crippen MR) is 85.2 cm³/mol. The molecular weight excluding hydrogens is 310 g/mol. The number of unbranched alkanes of at least 4 members (excludes halogenated alkanes) is 1. The predicted octanol–water partition coefficient (Wildman–Crippen LogP) is 2.42. The quantitative estimate of drug-likeness (QED) is 0.741. The van der Waals surface area contributed by atoms with Crippen molar-refractivity contribution in [3.63, 3.8) is 0 Å². The first-order valence-electron chi connectivity index (χ1n) is 6.73. The van der Waals surface area contributed by atoms with Gasteiger partial charge in [-0.05, 0) is 37.6 Å². The minimum absolute atomic E-state index is 0.0187. The largest absolute Gasteiger partial charge is 0.497 e. The highest BCUT2D eigenvalue weighted by molar-refractivity contribution is 8.00. The molecule has 1 rings (SSSR count). The molecule has 118 valence electrons. The van der Waals surface area contributed by atoms with Crippen molar-refractivity contribution >= 4 is 27.7 Å². The second-order valence-electron chi connectivity index (χ2n) is 4.57. The number of carbonyl (C=O) groups is 1. The fraction of sp³-hybridized carbons (Fsp3) is 0.500. The maximum atomic E-state index is 11.9. The van der Waals surface area contributed by atoms with Crippen LogP contribution in [0.4, 0.5) is 0 Å². The Balaban J connectivity index is 2.57. The lowest BCUT2D eigenvalue weighted by Crippen LogP contribution is -2.37. The van der Waals surface area contributed by atoms with Crippen LogP contribution in [0.2, 0.25) is 0 Å². The number of methoxy groups -OCH3 is 1. The minimum atomic E-state index is -3.52. The number of hydrogen-bond acceptors (Lipinski definition) is 5. The highest BCUT2D eigenvalue weighted by Gasteiger charge is 2.20. The van der Waals surface area contributed by atoms with E-state index in [4.69, 9.17) is 4.74 Å². The molecular formula is C14H21NO4S2. The molecule has 0 aliphatic carbocycles. The molecule has 0 radical (unpaired) electrons. The van der Waals surface area contributed by atoms with Gasteiger partial charge < -0.3 is 4.74 Å². The van der Waals surface area contributed by atoms with Crippen LogP contribution in [0.5, 0.6) is 5.75 Å². The molecule has 1 aromatic carbocycles. The topological polar surface area (TPSA) is 72.5 Å². The van der Waals surface area contributed by atoms with E-state index in [9.17, 15) is 13.2 Å². The van der Waals surface area contributed by atoms with Gasteiger partial charge in [0.05, 0.1) is 18.1 Å². The first-order chi connectivity index (χ1) is 9.88. The van der Waals surface area contributed by atoms with Crippen molar-refractivity contribution in [2.24, 2.45) is 0 Å². The van der Waals surface area contributed by atoms with E-state index in [1.165, 1.54) is 11.8 Å². The normalized spacial score (nSPS) is 12.7. The Morgan fingerprint density at radius 3 is 2.48 bits per heavy atom. The van der Waals surface area contributed by atoms with Gasteiger partial charge in [-0.25, -0.2) is 8.42 Å². The third-order valence-corrected chi connectivity index (χ3v) is 5.21. The second kappa shape index (κ2) is 8.29. The summed E-state index contributed by atoms with van der Waals surface area (Å²) in [6, 6.07) is 7.26. The molecule has 5 nitrogen and oxygen atoms in total. The summed E-state index contributed by atoms with van der Waals surface area (Å²) in [7, 11) is -1.94.